The Morgan fingerprint density at radius 1 is 1.04 bits per heavy atom. The van der Waals surface area contributed by atoms with Crippen LogP contribution in [0.15, 0.2) is 65.5 Å². The van der Waals surface area contributed by atoms with E-state index >= 15 is 0 Å². The van der Waals surface area contributed by atoms with Crippen molar-refractivity contribution < 1.29 is 4.79 Å². The topological polar surface area (TPSA) is 65.2 Å². The van der Waals surface area contributed by atoms with Crippen molar-refractivity contribution in [2.45, 2.75) is 12.8 Å². The zero-order chi connectivity index (χ0) is 18.6. The van der Waals surface area contributed by atoms with Gasteiger partial charge in [-0.25, -0.2) is 0 Å². The number of hydrogen-bond acceptors (Lipinski definition) is 3. The fourth-order valence-corrected chi connectivity index (χ4v) is 3.39. The number of H-pyrrole nitrogens is 1. The van der Waals surface area contributed by atoms with Crippen molar-refractivity contribution in [1.82, 2.24) is 4.98 Å². The number of amides is 1. The third kappa shape index (κ3) is 3.92. The van der Waals surface area contributed by atoms with E-state index in [0.717, 1.165) is 35.4 Å². The van der Waals surface area contributed by atoms with Crippen molar-refractivity contribution >= 4 is 34.3 Å². The van der Waals surface area contributed by atoms with Gasteiger partial charge in [0.15, 0.2) is 0 Å². The van der Waals surface area contributed by atoms with Gasteiger partial charge in [0.05, 0.1) is 0 Å². The lowest BCUT2D eigenvalue weighted by molar-refractivity contribution is -0.111. The predicted molar refractivity (Wildman–Crippen MR) is 110 cm³/mol. The van der Waals surface area contributed by atoms with E-state index in [4.69, 9.17) is 0 Å². The summed E-state index contributed by atoms with van der Waals surface area (Å²) in [5.74, 6) is -0.263. The fourth-order valence-electron chi connectivity index (χ4n) is 3.39. The summed E-state index contributed by atoms with van der Waals surface area (Å²) in [5.41, 5.74) is 2.90. The van der Waals surface area contributed by atoms with E-state index in [1.54, 1.807) is 12.1 Å². The van der Waals surface area contributed by atoms with Gasteiger partial charge in [0, 0.05) is 41.6 Å². The number of aromatic amines is 1. The van der Waals surface area contributed by atoms with Crippen LogP contribution >= 0.6 is 0 Å². The first-order valence-corrected chi connectivity index (χ1v) is 9.15. The molecule has 27 heavy (non-hydrogen) atoms. The highest BCUT2D eigenvalue weighted by Gasteiger charge is 2.12. The monoisotopic (exact) mass is 359 g/mol. The van der Waals surface area contributed by atoms with Crippen molar-refractivity contribution in [3.8, 4) is 0 Å². The number of aromatic nitrogens is 1. The number of fused-ring (bicyclic) bond motifs is 1. The number of rotatable bonds is 4. The number of nitrogens with zero attached hydrogens (tertiary/aromatic N) is 1. The summed E-state index contributed by atoms with van der Waals surface area (Å²) in [6.07, 6.45) is 5.35. The molecule has 1 saturated heterocycles. The van der Waals surface area contributed by atoms with Gasteiger partial charge in [-0.1, -0.05) is 24.3 Å². The van der Waals surface area contributed by atoms with Crippen LogP contribution in [-0.4, -0.2) is 24.0 Å². The molecule has 4 rings (SSSR count). The minimum Gasteiger partial charge on any atom is -0.371 e. The lowest BCUT2D eigenvalue weighted by Crippen LogP contribution is -2.18. The van der Waals surface area contributed by atoms with Crippen LogP contribution in [0.25, 0.3) is 17.0 Å². The van der Waals surface area contributed by atoms with Crippen LogP contribution in [-0.2, 0) is 4.79 Å². The summed E-state index contributed by atoms with van der Waals surface area (Å²) in [6.45, 7) is 2.12. The molecule has 1 aliphatic rings. The van der Waals surface area contributed by atoms with E-state index in [-0.39, 0.29) is 11.5 Å². The molecule has 0 radical (unpaired) electrons. The Labute approximate surface area is 157 Å². The first kappa shape index (κ1) is 17.1. The maximum atomic E-state index is 12.3. The second-order valence-corrected chi connectivity index (χ2v) is 6.71. The molecule has 0 saturated carbocycles. The van der Waals surface area contributed by atoms with E-state index in [1.165, 1.54) is 18.9 Å². The number of nitrogens with one attached hydrogen (secondary N) is 2. The van der Waals surface area contributed by atoms with E-state index < -0.39 is 0 Å². The maximum Gasteiger partial charge on any atom is 0.255 e. The Morgan fingerprint density at radius 3 is 2.70 bits per heavy atom. The minimum atomic E-state index is -0.263. The third-order valence-electron chi connectivity index (χ3n) is 4.78. The zero-order valence-electron chi connectivity index (χ0n) is 14.9. The molecule has 0 unspecified atom stereocenters. The Kier molecular flexibility index (Phi) is 4.75. The summed E-state index contributed by atoms with van der Waals surface area (Å²) >= 11 is 0. The highest BCUT2D eigenvalue weighted by molar-refractivity contribution is 6.02. The second kappa shape index (κ2) is 7.50. The van der Waals surface area contributed by atoms with Gasteiger partial charge in [0.25, 0.3) is 5.56 Å². The van der Waals surface area contributed by atoms with Gasteiger partial charge in [0.1, 0.15) is 0 Å². The van der Waals surface area contributed by atoms with Gasteiger partial charge >= 0.3 is 0 Å². The van der Waals surface area contributed by atoms with E-state index in [1.807, 2.05) is 42.5 Å². The number of carbonyl (C=O) groups is 1. The summed E-state index contributed by atoms with van der Waals surface area (Å²) in [7, 11) is 0. The molecule has 5 heteroatoms. The lowest BCUT2D eigenvalue weighted by atomic mass is 10.1. The van der Waals surface area contributed by atoms with Crippen LogP contribution in [0.3, 0.4) is 0 Å². The third-order valence-corrected chi connectivity index (χ3v) is 4.78. The van der Waals surface area contributed by atoms with Crippen LogP contribution in [0, 0.1) is 0 Å². The molecule has 2 aromatic carbocycles. The van der Waals surface area contributed by atoms with Gasteiger partial charge in [-0.05, 0) is 54.6 Å². The summed E-state index contributed by atoms with van der Waals surface area (Å²) in [4.78, 5) is 29.6. The second-order valence-electron chi connectivity index (χ2n) is 6.71. The molecule has 0 spiro atoms. The number of benzene rings is 2. The molecule has 1 aromatic heterocycles. The Hall–Kier alpha value is -3.34. The van der Waals surface area contributed by atoms with Gasteiger partial charge < -0.3 is 15.2 Å². The first-order valence-electron chi connectivity index (χ1n) is 9.15. The molecule has 2 N–H and O–H groups in total. The molecule has 1 aliphatic heterocycles. The maximum absolute atomic E-state index is 12.3. The van der Waals surface area contributed by atoms with Crippen molar-refractivity contribution in [2.75, 3.05) is 23.3 Å². The minimum absolute atomic E-state index is 0.214. The normalized spacial score (nSPS) is 14.1. The highest BCUT2D eigenvalue weighted by Crippen LogP contribution is 2.23. The van der Waals surface area contributed by atoms with Crippen LogP contribution in [0.5, 0.6) is 0 Å². The van der Waals surface area contributed by atoms with Gasteiger partial charge in [0.2, 0.25) is 5.91 Å². The standard InChI is InChI=1S/C22H21N3O2/c26-21(23-18-7-5-8-19(15-18)25-12-3-4-13-25)11-10-17-14-16-6-1-2-9-20(16)24-22(17)27/h1-2,5-11,14-15H,3-4,12-13H2,(H,23,26)(H,24,27)/b11-10+. The van der Waals surface area contributed by atoms with E-state index in [2.05, 4.69) is 21.3 Å². The predicted octanol–water partition coefficient (Wildman–Crippen LogP) is 3.78. The van der Waals surface area contributed by atoms with E-state index in [9.17, 15) is 9.59 Å². The van der Waals surface area contributed by atoms with Crippen LogP contribution in [0.1, 0.15) is 18.4 Å². The highest BCUT2D eigenvalue weighted by atomic mass is 16.1. The largest absolute Gasteiger partial charge is 0.371 e. The lowest BCUT2D eigenvalue weighted by Gasteiger charge is -2.18. The molecule has 3 aromatic rings. The summed E-state index contributed by atoms with van der Waals surface area (Å²) in [6, 6.07) is 17.2. The Balaban J connectivity index is 1.49. The molecule has 0 bridgehead atoms. The summed E-state index contributed by atoms with van der Waals surface area (Å²) in [5, 5.41) is 3.79. The smallest absolute Gasteiger partial charge is 0.255 e. The number of para-hydroxylation sites is 1. The molecule has 5 nitrogen and oxygen atoms in total. The molecule has 1 fully saturated rings. The Morgan fingerprint density at radius 2 is 1.85 bits per heavy atom. The molecular formula is C22H21N3O2. The van der Waals surface area contributed by atoms with Crippen LogP contribution in [0.4, 0.5) is 11.4 Å². The van der Waals surface area contributed by atoms with Crippen molar-refractivity contribution in [3.63, 3.8) is 0 Å². The van der Waals surface area contributed by atoms with Crippen molar-refractivity contribution in [3.05, 3.63) is 76.6 Å². The zero-order valence-corrected chi connectivity index (χ0v) is 14.9. The average Bonchev–Trinajstić information content (AvgIpc) is 3.21. The van der Waals surface area contributed by atoms with Crippen molar-refractivity contribution in [2.24, 2.45) is 0 Å². The SMILES string of the molecule is O=C(/C=C/c1cc2ccccc2[nH]c1=O)Nc1cccc(N2CCCC2)c1. The van der Waals surface area contributed by atoms with E-state index in [0.29, 0.717) is 5.56 Å². The number of anilines is 2. The van der Waals surface area contributed by atoms with Crippen LogP contribution in [0.2, 0.25) is 0 Å². The molecule has 0 aliphatic carbocycles. The fraction of sp³-hybridized carbons (Fsp3) is 0.182. The quantitative estimate of drug-likeness (QED) is 0.697. The molecule has 2 heterocycles. The number of pyridine rings is 1. The molecule has 1 amide bonds. The van der Waals surface area contributed by atoms with Gasteiger partial charge in [-0.3, -0.25) is 9.59 Å². The number of carbonyl (C=O) groups excluding carboxylic acids is 1. The van der Waals surface area contributed by atoms with Crippen molar-refractivity contribution in [1.29, 1.82) is 0 Å². The van der Waals surface area contributed by atoms with Gasteiger partial charge in [-0.2, -0.15) is 0 Å². The summed E-state index contributed by atoms with van der Waals surface area (Å²) < 4.78 is 0. The van der Waals surface area contributed by atoms with Crippen LogP contribution < -0.4 is 15.8 Å². The van der Waals surface area contributed by atoms with Gasteiger partial charge in [-0.15, -0.1) is 0 Å². The average molecular weight is 359 g/mol. The number of hydrogen-bond donors (Lipinski definition) is 2. The molecular weight excluding hydrogens is 338 g/mol. The Bertz CT molecular complexity index is 1060. The molecule has 0 atom stereocenters. The first-order chi connectivity index (χ1) is 13.2. The molecule has 136 valence electrons.